The Kier molecular flexibility index (Phi) is 6.79. The van der Waals surface area contributed by atoms with Gasteiger partial charge in [-0.05, 0) is 66.1 Å². The van der Waals surface area contributed by atoms with Crippen LogP contribution in [-0.4, -0.2) is 35.0 Å². The minimum absolute atomic E-state index is 0.0323. The number of hydrogen-bond acceptors (Lipinski definition) is 8. The summed E-state index contributed by atoms with van der Waals surface area (Å²) in [7, 11) is 0. The Labute approximate surface area is 251 Å². The van der Waals surface area contributed by atoms with E-state index in [1.807, 2.05) is 55.5 Å². The number of carbonyl (C=O) groups is 2. The molecule has 0 saturated carbocycles. The van der Waals surface area contributed by atoms with Gasteiger partial charge in [0.25, 0.3) is 5.78 Å². The van der Waals surface area contributed by atoms with Crippen molar-refractivity contribution in [2.24, 2.45) is 0 Å². The van der Waals surface area contributed by atoms with Crippen LogP contribution in [0.2, 0.25) is 0 Å². The number of aryl methyl sites for hydroxylation is 1. The average Bonchev–Trinajstić information content (AvgIpc) is 3.57. The zero-order valence-corrected chi connectivity index (χ0v) is 24.0. The minimum atomic E-state index is -0.918. The average molecular weight is 591 g/mol. The summed E-state index contributed by atoms with van der Waals surface area (Å²) in [6.45, 7) is 3.18. The fourth-order valence-corrected chi connectivity index (χ4v) is 6.39. The summed E-state index contributed by atoms with van der Waals surface area (Å²) in [4.78, 5) is 33.4. The van der Waals surface area contributed by atoms with Crippen molar-refractivity contribution in [3.8, 4) is 17.2 Å². The number of ketones is 1. The molecule has 4 aromatic carbocycles. The summed E-state index contributed by atoms with van der Waals surface area (Å²) in [5.74, 6) is -0.212. The standard InChI is InChI=1S/C34H26N2O6S/c1-20-7-13-25-28(17-20)43-34(35-25)36-30(22-8-11-24(12-9-22)42-19-21-5-3-2-4-6-21)29(32(38)33(36)39)31(37)23-10-14-26-27(18-23)41-16-15-40-26/h2-14,17-18,30,37H,15-16,19H2,1H3/b31-29+. The number of Topliss-reactive ketones (excluding diaryl/α,β-unsaturated/α-hetero) is 1. The van der Waals surface area contributed by atoms with Crippen molar-refractivity contribution in [1.82, 2.24) is 4.98 Å². The van der Waals surface area contributed by atoms with Gasteiger partial charge in [-0.2, -0.15) is 0 Å². The second-order valence-electron chi connectivity index (χ2n) is 10.3. The largest absolute Gasteiger partial charge is 0.507 e. The normalized spacial score (nSPS) is 17.4. The highest BCUT2D eigenvalue weighted by atomic mass is 32.1. The van der Waals surface area contributed by atoms with Crippen LogP contribution in [0.1, 0.15) is 28.3 Å². The van der Waals surface area contributed by atoms with Gasteiger partial charge in [0.1, 0.15) is 31.3 Å². The summed E-state index contributed by atoms with van der Waals surface area (Å²) < 4.78 is 18.2. The highest BCUT2D eigenvalue weighted by molar-refractivity contribution is 7.22. The number of aliphatic hydroxyl groups is 1. The number of thiazole rings is 1. The van der Waals surface area contributed by atoms with Gasteiger partial charge in [0.05, 0.1) is 21.8 Å². The van der Waals surface area contributed by atoms with Crippen LogP contribution in [0.3, 0.4) is 0 Å². The molecular weight excluding hydrogens is 564 g/mol. The first kappa shape index (κ1) is 26.7. The van der Waals surface area contributed by atoms with E-state index in [2.05, 4.69) is 0 Å². The van der Waals surface area contributed by atoms with Gasteiger partial charge in [0, 0.05) is 5.56 Å². The van der Waals surface area contributed by atoms with Gasteiger partial charge in [0.2, 0.25) is 0 Å². The van der Waals surface area contributed by atoms with Crippen LogP contribution < -0.4 is 19.1 Å². The first-order valence-electron chi connectivity index (χ1n) is 13.8. The van der Waals surface area contributed by atoms with Gasteiger partial charge in [-0.3, -0.25) is 14.5 Å². The summed E-state index contributed by atoms with van der Waals surface area (Å²) in [5.41, 5.74) is 3.75. The minimum Gasteiger partial charge on any atom is -0.507 e. The molecule has 2 aliphatic rings. The van der Waals surface area contributed by atoms with E-state index in [9.17, 15) is 14.7 Å². The van der Waals surface area contributed by atoms with Crippen molar-refractivity contribution in [3.63, 3.8) is 0 Å². The van der Waals surface area contributed by atoms with E-state index in [4.69, 9.17) is 19.2 Å². The highest BCUT2D eigenvalue weighted by Crippen LogP contribution is 2.45. The molecular formula is C34H26N2O6S. The number of anilines is 1. The van der Waals surface area contributed by atoms with Crippen molar-refractivity contribution in [2.45, 2.75) is 19.6 Å². The zero-order valence-electron chi connectivity index (χ0n) is 23.2. The van der Waals surface area contributed by atoms with Crippen molar-refractivity contribution in [1.29, 1.82) is 0 Å². The first-order chi connectivity index (χ1) is 21.0. The SMILES string of the molecule is Cc1ccc2nc(N3C(=O)C(=O)/C(=C(/O)c4ccc5c(c4)OCCO5)C3c3ccc(OCc4ccccc4)cc3)sc2c1. The summed E-state index contributed by atoms with van der Waals surface area (Å²) >= 11 is 1.33. The molecule has 1 atom stereocenters. The molecule has 2 aliphatic heterocycles. The molecule has 1 aromatic heterocycles. The summed E-state index contributed by atoms with van der Waals surface area (Å²) in [5, 5.41) is 12.0. The van der Waals surface area contributed by atoms with Gasteiger partial charge in [-0.25, -0.2) is 4.98 Å². The van der Waals surface area contributed by atoms with E-state index < -0.39 is 17.7 Å². The molecule has 43 heavy (non-hydrogen) atoms. The number of amides is 1. The maximum Gasteiger partial charge on any atom is 0.301 e. The number of carbonyl (C=O) groups excluding carboxylic acids is 2. The predicted molar refractivity (Wildman–Crippen MR) is 164 cm³/mol. The molecule has 0 bridgehead atoms. The number of aliphatic hydroxyl groups excluding tert-OH is 1. The lowest BCUT2D eigenvalue weighted by atomic mass is 9.95. The van der Waals surface area contributed by atoms with Crippen LogP contribution in [0.25, 0.3) is 16.0 Å². The Morgan fingerprint density at radius 2 is 1.72 bits per heavy atom. The monoisotopic (exact) mass is 590 g/mol. The Hall–Kier alpha value is -5.15. The molecule has 9 heteroatoms. The van der Waals surface area contributed by atoms with E-state index >= 15 is 0 Å². The summed E-state index contributed by atoms with van der Waals surface area (Å²) in [6.07, 6.45) is 0. The third-order valence-electron chi connectivity index (χ3n) is 7.44. The smallest absolute Gasteiger partial charge is 0.301 e. The molecule has 214 valence electrons. The molecule has 5 aromatic rings. The molecule has 0 radical (unpaired) electrons. The molecule has 0 aliphatic carbocycles. The van der Waals surface area contributed by atoms with Crippen LogP contribution in [0, 0.1) is 6.92 Å². The van der Waals surface area contributed by atoms with Gasteiger partial charge in [0.15, 0.2) is 16.6 Å². The number of nitrogens with zero attached hydrogens (tertiary/aromatic N) is 2. The molecule has 1 saturated heterocycles. The Balaban J connectivity index is 1.31. The molecule has 1 amide bonds. The van der Waals surface area contributed by atoms with E-state index in [1.165, 1.54) is 16.2 Å². The quantitative estimate of drug-likeness (QED) is 0.136. The number of aromatic nitrogens is 1. The second kappa shape index (κ2) is 10.9. The summed E-state index contributed by atoms with van der Waals surface area (Å²) in [6, 6.07) is 26.9. The molecule has 1 unspecified atom stereocenters. The lowest BCUT2D eigenvalue weighted by molar-refractivity contribution is -0.132. The Bertz CT molecular complexity index is 1900. The zero-order chi connectivity index (χ0) is 29.5. The number of ether oxygens (including phenoxy) is 3. The van der Waals surface area contributed by atoms with Crippen molar-refractivity contribution >= 4 is 44.1 Å². The Morgan fingerprint density at radius 1 is 0.953 bits per heavy atom. The molecule has 7 rings (SSSR count). The lowest BCUT2D eigenvalue weighted by Gasteiger charge is -2.23. The molecule has 0 spiro atoms. The fourth-order valence-electron chi connectivity index (χ4n) is 5.30. The van der Waals surface area contributed by atoms with Crippen LogP contribution in [0.4, 0.5) is 5.13 Å². The molecule has 1 N–H and O–H groups in total. The van der Waals surface area contributed by atoms with Crippen LogP contribution in [0.5, 0.6) is 17.2 Å². The number of hydrogen-bond donors (Lipinski definition) is 1. The third-order valence-corrected chi connectivity index (χ3v) is 8.46. The highest BCUT2D eigenvalue weighted by Gasteiger charge is 2.48. The second-order valence-corrected chi connectivity index (χ2v) is 11.3. The molecule has 1 fully saturated rings. The maximum atomic E-state index is 13.7. The topological polar surface area (TPSA) is 98.2 Å². The van der Waals surface area contributed by atoms with Crippen molar-refractivity contribution in [3.05, 3.63) is 119 Å². The van der Waals surface area contributed by atoms with Gasteiger partial charge in [-0.1, -0.05) is 59.9 Å². The van der Waals surface area contributed by atoms with Crippen LogP contribution in [-0.2, 0) is 16.2 Å². The number of rotatable bonds is 6. The third kappa shape index (κ3) is 4.97. The Morgan fingerprint density at radius 3 is 2.51 bits per heavy atom. The van der Waals surface area contributed by atoms with Crippen molar-refractivity contribution < 1.29 is 28.9 Å². The fraction of sp³-hybridized carbons (Fsp3) is 0.147. The molecule has 3 heterocycles. The lowest BCUT2D eigenvalue weighted by Crippen LogP contribution is -2.29. The number of fused-ring (bicyclic) bond motifs is 2. The van der Waals surface area contributed by atoms with E-state index in [0.29, 0.717) is 53.3 Å². The first-order valence-corrected chi connectivity index (χ1v) is 14.6. The van der Waals surface area contributed by atoms with Crippen LogP contribution in [0.15, 0.2) is 96.6 Å². The predicted octanol–water partition coefficient (Wildman–Crippen LogP) is 6.58. The van der Waals surface area contributed by atoms with E-state index in [0.717, 1.165) is 21.3 Å². The number of benzene rings is 4. The maximum absolute atomic E-state index is 13.7. The van der Waals surface area contributed by atoms with E-state index in [1.54, 1.807) is 42.5 Å². The van der Waals surface area contributed by atoms with E-state index in [-0.39, 0.29) is 11.3 Å². The van der Waals surface area contributed by atoms with Gasteiger partial charge in [-0.15, -0.1) is 0 Å². The van der Waals surface area contributed by atoms with Gasteiger partial charge >= 0.3 is 5.91 Å². The van der Waals surface area contributed by atoms with Crippen LogP contribution >= 0.6 is 11.3 Å². The van der Waals surface area contributed by atoms with Gasteiger partial charge < -0.3 is 19.3 Å². The van der Waals surface area contributed by atoms with Crippen molar-refractivity contribution in [2.75, 3.05) is 18.1 Å². The molecule has 8 nitrogen and oxygen atoms in total.